The Morgan fingerprint density at radius 3 is 3.17 bits per heavy atom. The first kappa shape index (κ1) is 7.95. The second-order valence-corrected chi connectivity index (χ2v) is 3.58. The Kier molecular flexibility index (Phi) is 2.23. The van der Waals surface area contributed by atoms with Crippen LogP contribution in [0.1, 0.15) is 5.56 Å². The molecule has 0 aliphatic carbocycles. The van der Waals surface area contributed by atoms with Gasteiger partial charge in [0.15, 0.2) is 0 Å². The zero-order valence-corrected chi connectivity index (χ0v) is 7.82. The third-order valence-electron chi connectivity index (χ3n) is 1.60. The van der Waals surface area contributed by atoms with Crippen LogP contribution in [-0.2, 0) is 0 Å². The van der Waals surface area contributed by atoms with Crippen molar-refractivity contribution < 1.29 is 0 Å². The van der Waals surface area contributed by atoms with Crippen molar-refractivity contribution in [1.82, 2.24) is 10.3 Å². The molecular weight excluding hydrogens is 192 g/mol. The number of hydrogen-bond acceptors (Lipinski definition) is 3. The summed E-state index contributed by atoms with van der Waals surface area (Å²) < 4.78 is 0. The number of nitrogens with zero attached hydrogens (tertiary/aromatic N) is 1. The minimum absolute atomic E-state index is 0.554. The lowest BCUT2D eigenvalue weighted by Crippen LogP contribution is -2.05. The zero-order chi connectivity index (χ0) is 8.39. The van der Waals surface area contributed by atoms with Gasteiger partial charge in [0.25, 0.3) is 0 Å². The molecule has 1 aromatic rings. The summed E-state index contributed by atoms with van der Waals surface area (Å²) in [4.78, 5) is 4.00. The fourth-order valence-electron chi connectivity index (χ4n) is 1.03. The van der Waals surface area contributed by atoms with Crippen LogP contribution in [0.2, 0.25) is 5.15 Å². The molecule has 62 valence electrons. The highest BCUT2D eigenvalue weighted by Crippen LogP contribution is 2.25. The van der Waals surface area contributed by atoms with Gasteiger partial charge in [-0.1, -0.05) is 11.6 Å². The van der Waals surface area contributed by atoms with E-state index in [0.717, 1.165) is 17.1 Å². The maximum atomic E-state index is 5.90. The molecule has 1 aromatic heterocycles. The molecule has 2 rings (SSSR count). The van der Waals surface area contributed by atoms with Gasteiger partial charge in [0.1, 0.15) is 5.15 Å². The SMILES string of the molecule is Clc1ncccc1C1=CSCN1. The molecule has 0 saturated heterocycles. The van der Waals surface area contributed by atoms with Crippen LogP contribution in [0.15, 0.2) is 23.7 Å². The van der Waals surface area contributed by atoms with Gasteiger partial charge >= 0.3 is 0 Å². The van der Waals surface area contributed by atoms with E-state index in [9.17, 15) is 0 Å². The predicted molar refractivity (Wildman–Crippen MR) is 52.8 cm³/mol. The van der Waals surface area contributed by atoms with Gasteiger partial charge in [-0.2, -0.15) is 0 Å². The summed E-state index contributed by atoms with van der Waals surface area (Å²) in [6, 6.07) is 3.84. The van der Waals surface area contributed by atoms with Gasteiger partial charge < -0.3 is 5.32 Å². The van der Waals surface area contributed by atoms with Crippen LogP contribution in [-0.4, -0.2) is 10.9 Å². The molecule has 0 spiro atoms. The minimum Gasteiger partial charge on any atom is -0.375 e. The Labute approximate surface area is 80.0 Å². The Morgan fingerprint density at radius 2 is 2.50 bits per heavy atom. The van der Waals surface area contributed by atoms with E-state index in [4.69, 9.17) is 11.6 Å². The highest BCUT2D eigenvalue weighted by atomic mass is 35.5. The molecule has 0 saturated carbocycles. The number of halogens is 1. The Bertz CT molecular complexity index is 325. The van der Waals surface area contributed by atoms with Gasteiger partial charge in [0.2, 0.25) is 0 Å². The minimum atomic E-state index is 0.554. The van der Waals surface area contributed by atoms with Gasteiger partial charge in [-0.15, -0.1) is 11.8 Å². The van der Waals surface area contributed by atoms with E-state index in [1.54, 1.807) is 18.0 Å². The summed E-state index contributed by atoms with van der Waals surface area (Å²) in [5.74, 6) is 0.917. The molecule has 2 nitrogen and oxygen atoms in total. The molecule has 4 heteroatoms. The van der Waals surface area contributed by atoms with Crippen LogP contribution in [0, 0.1) is 0 Å². The van der Waals surface area contributed by atoms with Crippen molar-refractivity contribution in [3.8, 4) is 0 Å². The summed E-state index contributed by atoms with van der Waals surface area (Å²) in [5.41, 5.74) is 2.04. The largest absolute Gasteiger partial charge is 0.375 e. The van der Waals surface area contributed by atoms with E-state index in [1.165, 1.54) is 0 Å². The molecule has 0 unspecified atom stereocenters. The highest BCUT2D eigenvalue weighted by molar-refractivity contribution is 8.02. The van der Waals surface area contributed by atoms with Gasteiger partial charge in [-0.05, 0) is 17.5 Å². The van der Waals surface area contributed by atoms with E-state index >= 15 is 0 Å². The molecule has 1 aliphatic heterocycles. The van der Waals surface area contributed by atoms with Crippen LogP contribution in [0.25, 0.3) is 5.70 Å². The van der Waals surface area contributed by atoms with Crippen LogP contribution in [0.5, 0.6) is 0 Å². The number of nitrogens with one attached hydrogen (secondary N) is 1. The molecule has 0 atom stereocenters. The first-order valence-electron chi connectivity index (χ1n) is 3.54. The highest BCUT2D eigenvalue weighted by Gasteiger charge is 2.09. The van der Waals surface area contributed by atoms with Crippen molar-refractivity contribution in [2.45, 2.75) is 0 Å². The molecule has 0 fully saturated rings. The average molecular weight is 199 g/mol. The van der Waals surface area contributed by atoms with Crippen LogP contribution < -0.4 is 5.32 Å². The molecule has 0 aromatic carbocycles. The lowest BCUT2D eigenvalue weighted by molar-refractivity contribution is 1.10. The smallest absolute Gasteiger partial charge is 0.138 e. The van der Waals surface area contributed by atoms with E-state index in [1.807, 2.05) is 12.1 Å². The first-order chi connectivity index (χ1) is 5.88. The Morgan fingerprint density at radius 1 is 1.58 bits per heavy atom. The number of rotatable bonds is 1. The van der Waals surface area contributed by atoms with E-state index < -0.39 is 0 Å². The molecule has 0 radical (unpaired) electrons. The van der Waals surface area contributed by atoms with Gasteiger partial charge in [0, 0.05) is 11.8 Å². The molecule has 0 amide bonds. The van der Waals surface area contributed by atoms with Crippen molar-refractivity contribution in [3.05, 3.63) is 34.5 Å². The van der Waals surface area contributed by atoms with E-state index in [2.05, 4.69) is 15.7 Å². The summed E-state index contributed by atoms with van der Waals surface area (Å²) in [5, 5.41) is 5.83. The van der Waals surface area contributed by atoms with Crippen molar-refractivity contribution in [2.75, 3.05) is 5.88 Å². The molecule has 12 heavy (non-hydrogen) atoms. The molecule has 0 bridgehead atoms. The standard InChI is InChI=1S/C8H7ClN2S/c9-8-6(2-1-3-10-8)7-4-12-5-11-7/h1-4,11H,5H2. The Hall–Kier alpha value is -0.670. The molecule has 2 heterocycles. The van der Waals surface area contributed by atoms with Crippen molar-refractivity contribution in [2.24, 2.45) is 0 Å². The fraction of sp³-hybridized carbons (Fsp3) is 0.125. The summed E-state index contributed by atoms with van der Waals surface area (Å²) in [6.45, 7) is 0. The zero-order valence-electron chi connectivity index (χ0n) is 6.25. The van der Waals surface area contributed by atoms with Gasteiger partial charge in [-0.25, -0.2) is 4.98 Å². The van der Waals surface area contributed by atoms with Gasteiger partial charge in [0.05, 0.1) is 11.6 Å². The average Bonchev–Trinajstić information content (AvgIpc) is 2.57. The lowest BCUT2D eigenvalue weighted by Gasteiger charge is -2.03. The first-order valence-corrected chi connectivity index (χ1v) is 4.97. The van der Waals surface area contributed by atoms with Crippen molar-refractivity contribution >= 4 is 29.1 Å². The maximum Gasteiger partial charge on any atom is 0.138 e. The summed E-state index contributed by atoms with van der Waals surface area (Å²) in [7, 11) is 0. The van der Waals surface area contributed by atoms with Crippen molar-refractivity contribution in [1.29, 1.82) is 0 Å². The molecular formula is C8H7ClN2S. The fourth-order valence-corrected chi connectivity index (χ4v) is 1.95. The van der Waals surface area contributed by atoms with Crippen LogP contribution in [0.3, 0.4) is 0 Å². The van der Waals surface area contributed by atoms with Gasteiger partial charge in [-0.3, -0.25) is 0 Å². The van der Waals surface area contributed by atoms with E-state index in [-0.39, 0.29) is 0 Å². The summed E-state index contributed by atoms with van der Waals surface area (Å²) in [6.07, 6.45) is 1.69. The number of thioether (sulfide) groups is 1. The van der Waals surface area contributed by atoms with E-state index in [0.29, 0.717) is 5.15 Å². The quantitative estimate of drug-likeness (QED) is 0.702. The second-order valence-electron chi connectivity index (χ2n) is 2.36. The number of hydrogen-bond donors (Lipinski definition) is 1. The predicted octanol–water partition coefficient (Wildman–Crippen LogP) is 2.33. The number of aromatic nitrogens is 1. The second kappa shape index (κ2) is 3.37. The molecule has 1 N–H and O–H groups in total. The van der Waals surface area contributed by atoms with Crippen LogP contribution >= 0.6 is 23.4 Å². The normalized spacial score (nSPS) is 15.6. The maximum absolute atomic E-state index is 5.90. The third-order valence-corrected chi connectivity index (χ3v) is 2.61. The summed E-state index contributed by atoms with van der Waals surface area (Å²) >= 11 is 7.63. The number of pyridine rings is 1. The monoisotopic (exact) mass is 198 g/mol. The third kappa shape index (κ3) is 1.42. The Balaban J connectivity index is 2.39. The van der Waals surface area contributed by atoms with Crippen LogP contribution in [0.4, 0.5) is 0 Å². The van der Waals surface area contributed by atoms with Crippen molar-refractivity contribution in [3.63, 3.8) is 0 Å². The topological polar surface area (TPSA) is 24.9 Å². The molecule has 1 aliphatic rings. The lowest BCUT2D eigenvalue weighted by atomic mass is 10.2.